The summed E-state index contributed by atoms with van der Waals surface area (Å²) in [6.07, 6.45) is -3.50. The van der Waals surface area contributed by atoms with Crippen molar-refractivity contribution in [3.63, 3.8) is 0 Å². The van der Waals surface area contributed by atoms with E-state index < -0.39 is 29.6 Å². The lowest BCUT2D eigenvalue weighted by Gasteiger charge is -2.07. The molecule has 0 aliphatic carbocycles. The number of carbonyl (C=O) groups is 2. The molecule has 142 valence electrons. The van der Waals surface area contributed by atoms with Crippen LogP contribution in [0, 0.1) is 24.2 Å². The lowest BCUT2D eigenvalue weighted by atomic mass is 9.92. The first kappa shape index (κ1) is 19.0. The Hall–Kier alpha value is -3.74. The highest BCUT2D eigenvalue weighted by Crippen LogP contribution is 2.29. The molecule has 2 aromatic heterocycles. The number of hydrogen-bond acceptors (Lipinski definition) is 7. The summed E-state index contributed by atoms with van der Waals surface area (Å²) in [6.45, 7) is 1.60. The molecule has 2 heterocycles. The number of aromatic nitrogens is 2. The number of nitrogens with zero attached hydrogens (tertiary/aromatic N) is 3. The molecule has 0 bridgehead atoms. The Morgan fingerprint density at radius 3 is 2.32 bits per heavy atom. The number of rotatable bonds is 5. The second kappa shape index (κ2) is 7.11. The van der Waals surface area contributed by atoms with Crippen molar-refractivity contribution in [2.45, 2.75) is 13.1 Å². The van der Waals surface area contributed by atoms with Crippen LogP contribution in [-0.4, -0.2) is 21.7 Å². The van der Waals surface area contributed by atoms with Crippen molar-refractivity contribution in [1.29, 1.82) is 5.26 Å². The Labute approximate surface area is 155 Å². The van der Waals surface area contributed by atoms with Gasteiger partial charge in [-0.05, 0) is 18.6 Å². The van der Waals surface area contributed by atoms with Crippen molar-refractivity contribution in [3.8, 4) is 17.5 Å². The Morgan fingerprint density at radius 2 is 1.82 bits per heavy atom. The van der Waals surface area contributed by atoms with E-state index in [0.29, 0.717) is 5.56 Å². The van der Waals surface area contributed by atoms with Crippen LogP contribution < -0.4 is 0 Å². The van der Waals surface area contributed by atoms with Crippen LogP contribution in [0.3, 0.4) is 0 Å². The molecule has 0 fully saturated rings. The number of alkyl halides is 3. The fraction of sp³-hybridized carbons (Fsp3) is 0.167. The molecular weight excluding hydrogens is 379 g/mol. The van der Waals surface area contributed by atoms with Crippen molar-refractivity contribution in [3.05, 3.63) is 59.4 Å². The molecule has 7 nitrogen and oxygen atoms in total. The van der Waals surface area contributed by atoms with Gasteiger partial charge in [-0.3, -0.25) is 9.59 Å². The summed E-state index contributed by atoms with van der Waals surface area (Å²) >= 11 is 0. The van der Waals surface area contributed by atoms with E-state index in [-0.39, 0.29) is 22.7 Å². The van der Waals surface area contributed by atoms with E-state index in [1.807, 2.05) is 0 Å². The molecule has 3 aromatic rings. The molecule has 0 saturated carbocycles. The number of halogens is 3. The number of nitriles is 1. The maximum Gasteiger partial charge on any atom is 0.471 e. The monoisotopic (exact) mass is 389 g/mol. The molecule has 0 spiro atoms. The normalized spacial score (nSPS) is 12.4. The molecule has 0 saturated heterocycles. The van der Waals surface area contributed by atoms with Crippen LogP contribution in [0.25, 0.3) is 11.4 Å². The molecule has 28 heavy (non-hydrogen) atoms. The van der Waals surface area contributed by atoms with E-state index in [1.54, 1.807) is 13.0 Å². The number of ketones is 2. The average molecular weight is 389 g/mol. The van der Waals surface area contributed by atoms with Gasteiger partial charge in [-0.15, -0.1) is 0 Å². The number of benzene rings is 1. The smallest absolute Gasteiger partial charge is 0.461 e. The average Bonchev–Trinajstić information content (AvgIpc) is 3.31. The molecule has 0 amide bonds. The van der Waals surface area contributed by atoms with E-state index in [4.69, 9.17) is 4.42 Å². The summed E-state index contributed by atoms with van der Waals surface area (Å²) < 4.78 is 46.8. The van der Waals surface area contributed by atoms with Crippen LogP contribution in [0.15, 0.2) is 45.5 Å². The van der Waals surface area contributed by atoms with Crippen LogP contribution in [0.2, 0.25) is 0 Å². The zero-order valence-corrected chi connectivity index (χ0v) is 14.1. The first-order chi connectivity index (χ1) is 13.2. The fourth-order valence-electron chi connectivity index (χ4n) is 2.40. The van der Waals surface area contributed by atoms with Crippen LogP contribution in [0.5, 0.6) is 0 Å². The molecule has 0 radical (unpaired) electrons. The summed E-state index contributed by atoms with van der Waals surface area (Å²) in [5.74, 6) is -5.04. The lowest BCUT2D eigenvalue weighted by Crippen LogP contribution is -2.23. The SMILES string of the molecule is Cc1ccoc1C(=O)[C@@H](C#N)C(=O)c1ccc(-c2noc(C(F)(F)F)n2)cc1. The molecule has 0 unspecified atom stereocenters. The molecule has 0 aliphatic heterocycles. The van der Waals surface area contributed by atoms with Gasteiger partial charge in [-0.1, -0.05) is 29.4 Å². The van der Waals surface area contributed by atoms with E-state index >= 15 is 0 Å². The van der Waals surface area contributed by atoms with Crippen LogP contribution in [-0.2, 0) is 6.18 Å². The summed E-state index contributed by atoms with van der Waals surface area (Å²) in [7, 11) is 0. The van der Waals surface area contributed by atoms with Crippen molar-refractivity contribution in [2.24, 2.45) is 5.92 Å². The number of aryl methyl sites for hydroxylation is 1. The zero-order valence-electron chi connectivity index (χ0n) is 14.1. The van der Waals surface area contributed by atoms with Gasteiger partial charge in [0.1, 0.15) is 0 Å². The van der Waals surface area contributed by atoms with Gasteiger partial charge in [-0.25, -0.2) is 0 Å². The Morgan fingerprint density at radius 1 is 1.14 bits per heavy atom. The molecule has 0 N–H and O–H groups in total. The minimum Gasteiger partial charge on any atom is -0.461 e. The van der Waals surface area contributed by atoms with Gasteiger partial charge in [0.25, 0.3) is 0 Å². The number of furan rings is 1. The highest BCUT2D eigenvalue weighted by atomic mass is 19.4. The Kier molecular flexibility index (Phi) is 4.83. The van der Waals surface area contributed by atoms with Crippen molar-refractivity contribution < 1.29 is 31.7 Å². The second-order valence-corrected chi connectivity index (χ2v) is 5.72. The third-order valence-electron chi connectivity index (χ3n) is 3.84. The van der Waals surface area contributed by atoms with E-state index in [9.17, 15) is 28.0 Å². The van der Waals surface area contributed by atoms with Gasteiger partial charge in [0.15, 0.2) is 17.5 Å². The predicted molar refractivity (Wildman–Crippen MR) is 85.9 cm³/mol. The summed E-state index contributed by atoms with van der Waals surface area (Å²) in [6, 6.07) is 8.28. The van der Waals surface area contributed by atoms with Gasteiger partial charge in [-0.2, -0.15) is 23.4 Å². The van der Waals surface area contributed by atoms with Gasteiger partial charge < -0.3 is 8.94 Å². The summed E-state index contributed by atoms with van der Waals surface area (Å²) in [4.78, 5) is 28.1. The fourth-order valence-corrected chi connectivity index (χ4v) is 2.40. The van der Waals surface area contributed by atoms with Gasteiger partial charge in [0, 0.05) is 11.1 Å². The van der Waals surface area contributed by atoms with E-state index in [0.717, 1.165) is 0 Å². The third-order valence-corrected chi connectivity index (χ3v) is 3.84. The highest BCUT2D eigenvalue weighted by molar-refractivity contribution is 6.17. The predicted octanol–water partition coefficient (Wildman–Crippen LogP) is 3.86. The van der Waals surface area contributed by atoms with Gasteiger partial charge in [0.2, 0.25) is 11.6 Å². The van der Waals surface area contributed by atoms with Crippen LogP contribution in [0.1, 0.15) is 32.4 Å². The first-order valence-electron chi connectivity index (χ1n) is 7.76. The quantitative estimate of drug-likeness (QED) is 0.481. The Bertz CT molecular complexity index is 1070. The maximum atomic E-state index is 12.5. The molecular formula is C18H10F3N3O4. The largest absolute Gasteiger partial charge is 0.471 e. The summed E-state index contributed by atoms with van der Waals surface area (Å²) in [5, 5.41) is 12.5. The minimum atomic E-state index is -4.77. The molecule has 0 aliphatic rings. The highest BCUT2D eigenvalue weighted by Gasteiger charge is 2.38. The molecule has 1 atom stereocenters. The topological polar surface area (TPSA) is 110 Å². The van der Waals surface area contributed by atoms with Crippen molar-refractivity contribution in [1.82, 2.24) is 10.1 Å². The standard InChI is InChI=1S/C18H10F3N3O4/c1-9-6-7-27-15(9)14(26)12(8-22)13(25)10-2-4-11(5-3-10)16-23-17(28-24-16)18(19,20)21/h2-7,12H,1H3/t12-/m0/s1. The molecule has 3 rings (SSSR count). The van der Waals surface area contributed by atoms with Crippen molar-refractivity contribution >= 4 is 11.6 Å². The summed E-state index contributed by atoms with van der Waals surface area (Å²) in [5.41, 5.74) is 0.677. The maximum absolute atomic E-state index is 12.5. The zero-order chi connectivity index (χ0) is 20.5. The second-order valence-electron chi connectivity index (χ2n) is 5.72. The van der Waals surface area contributed by atoms with E-state index in [1.165, 1.54) is 36.6 Å². The number of Topliss-reactive ketones (excluding diaryl/α,β-unsaturated/α-hetero) is 2. The van der Waals surface area contributed by atoms with Crippen molar-refractivity contribution in [2.75, 3.05) is 0 Å². The lowest BCUT2D eigenvalue weighted by molar-refractivity contribution is -0.159. The van der Waals surface area contributed by atoms with Crippen LogP contribution >= 0.6 is 0 Å². The first-order valence-corrected chi connectivity index (χ1v) is 7.76. The minimum absolute atomic E-state index is 0.0207. The van der Waals surface area contributed by atoms with Gasteiger partial charge in [0.05, 0.1) is 12.3 Å². The van der Waals surface area contributed by atoms with Crippen LogP contribution in [0.4, 0.5) is 13.2 Å². The number of carbonyl (C=O) groups excluding carboxylic acids is 2. The Balaban J connectivity index is 1.83. The molecule has 10 heteroatoms. The van der Waals surface area contributed by atoms with E-state index in [2.05, 4.69) is 14.7 Å². The third kappa shape index (κ3) is 3.55. The van der Waals surface area contributed by atoms with Gasteiger partial charge >= 0.3 is 12.1 Å². The molecule has 1 aromatic carbocycles. The number of hydrogen-bond donors (Lipinski definition) is 0.